The van der Waals surface area contributed by atoms with Crippen molar-refractivity contribution in [1.82, 2.24) is 19.7 Å². The summed E-state index contributed by atoms with van der Waals surface area (Å²) in [6.45, 7) is 2.17. The van der Waals surface area contributed by atoms with Crippen molar-refractivity contribution in [3.63, 3.8) is 0 Å². The van der Waals surface area contributed by atoms with Crippen molar-refractivity contribution in [3.05, 3.63) is 56.5 Å². The predicted molar refractivity (Wildman–Crippen MR) is 106 cm³/mol. The number of rotatable bonds is 7. The van der Waals surface area contributed by atoms with Crippen molar-refractivity contribution in [2.75, 3.05) is 5.32 Å². The van der Waals surface area contributed by atoms with Crippen LogP contribution >= 0.6 is 35.2 Å². The van der Waals surface area contributed by atoms with Crippen molar-refractivity contribution < 1.29 is 4.79 Å². The standard InChI is InChI=1S/C17H18ClN5OS2/c1-2-5-14-21-22-17(25)23(14)10-15(24)20-16-19-9-12(26-16)8-11-6-3-4-7-13(11)18/h3-4,6-7,9H,2,5,8,10H2,1H3,(H,22,25)(H,19,20,24). The molecule has 136 valence electrons. The zero-order valence-corrected chi connectivity index (χ0v) is 16.5. The first-order valence-electron chi connectivity index (χ1n) is 8.19. The van der Waals surface area contributed by atoms with Gasteiger partial charge in [-0.15, -0.1) is 11.3 Å². The zero-order chi connectivity index (χ0) is 18.5. The van der Waals surface area contributed by atoms with E-state index in [-0.39, 0.29) is 12.5 Å². The van der Waals surface area contributed by atoms with Crippen molar-refractivity contribution in [2.45, 2.75) is 32.7 Å². The molecule has 1 amide bonds. The Kier molecular flexibility index (Phi) is 6.18. The number of aromatic amines is 1. The number of halogens is 1. The van der Waals surface area contributed by atoms with Gasteiger partial charge in [0.15, 0.2) is 9.90 Å². The van der Waals surface area contributed by atoms with E-state index in [2.05, 4.69) is 27.4 Å². The molecule has 0 radical (unpaired) electrons. The van der Waals surface area contributed by atoms with Gasteiger partial charge in [-0.05, 0) is 30.3 Å². The van der Waals surface area contributed by atoms with Gasteiger partial charge < -0.3 is 5.32 Å². The molecule has 2 aromatic heterocycles. The van der Waals surface area contributed by atoms with E-state index in [1.165, 1.54) is 11.3 Å². The van der Waals surface area contributed by atoms with E-state index in [0.29, 0.717) is 16.3 Å². The van der Waals surface area contributed by atoms with Gasteiger partial charge in [0.2, 0.25) is 5.91 Å². The molecule has 0 saturated heterocycles. The van der Waals surface area contributed by atoms with Gasteiger partial charge in [-0.3, -0.25) is 14.5 Å². The summed E-state index contributed by atoms with van der Waals surface area (Å²) in [5.74, 6) is 0.602. The third-order valence-corrected chi connectivity index (χ3v) is 5.33. The lowest BCUT2D eigenvalue weighted by molar-refractivity contribution is -0.116. The van der Waals surface area contributed by atoms with Gasteiger partial charge in [-0.1, -0.05) is 36.7 Å². The molecule has 0 saturated carbocycles. The summed E-state index contributed by atoms with van der Waals surface area (Å²) in [4.78, 5) is 17.6. The number of aryl methyl sites for hydroxylation is 1. The van der Waals surface area contributed by atoms with E-state index >= 15 is 0 Å². The summed E-state index contributed by atoms with van der Waals surface area (Å²) >= 11 is 12.8. The second-order valence-electron chi connectivity index (χ2n) is 5.73. The van der Waals surface area contributed by atoms with Gasteiger partial charge in [-0.25, -0.2) is 4.98 Å². The Morgan fingerprint density at radius 2 is 2.23 bits per heavy atom. The maximum Gasteiger partial charge on any atom is 0.246 e. The minimum absolute atomic E-state index is 0.115. The maximum atomic E-state index is 12.3. The summed E-state index contributed by atoms with van der Waals surface area (Å²) in [5, 5.41) is 11.0. The molecule has 9 heteroatoms. The fraction of sp³-hybridized carbons (Fsp3) is 0.294. The highest BCUT2D eigenvalue weighted by Gasteiger charge is 2.12. The topological polar surface area (TPSA) is 75.6 Å². The van der Waals surface area contributed by atoms with Crippen LogP contribution in [0.2, 0.25) is 5.02 Å². The molecule has 26 heavy (non-hydrogen) atoms. The smallest absolute Gasteiger partial charge is 0.246 e. The van der Waals surface area contributed by atoms with E-state index in [4.69, 9.17) is 23.8 Å². The lowest BCUT2D eigenvalue weighted by Gasteiger charge is -2.05. The Labute approximate surface area is 165 Å². The van der Waals surface area contributed by atoms with Crippen LogP contribution in [0.15, 0.2) is 30.5 Å². The number of benzene rings is 1. The highest BCUT2D eigenvalue weighted by molar-refractivity contribution is 7.71. The summed E-state index contributed by atoms with van der Waals surface area (Å²) in [6.07, 6.45) is 4.13. The van der Waals surface area contributed by atoms with Gasteiger partial charge in [0.05, 0.1) is 0 Å². The molecule has 0 aliphatic heterocycles. The molecule has 0 aliphatic carbocycles. The van der Waals surface area contributed by atoms with Crippen molar-refractivity contribution in [3.8, 4) is 0 Å². The van der Waals surface area contributed by atoms with Crippen LogP contribution in [0, 0.1) is 4.77 Å². The number of nitrogens with zero attached hydrogens (tertiary/aromatic N) is 3. The van der Waals surface area contributed by atoms with Crippen molar-refractivity contribution >= 4 is 46.2 Å². The molecule has 0 unspecified atom stereocenters. The predicted octanol–water partition coefficient (Wildman–Crippen LogP) is 4.23. The number of hydrogen-bond donors (Lipinski definition) is 2. The number of carbonyl (C=O) groups is 1. The van der Waals surface area contributed by atoms with E-state index in [0.717, 1.165) is 34.1 Å². The number of carbonyl (C=O) groups excluding carboxylic acids is 1. The Morgan fingerprint density at radius 1 is 1.42 bits per heavy atom. The molecule has 6 nitrogen and oxygen atoms in total. The van der Waals surface area contributed by atoms with Crippen LogP contribution < -0.4 is 5.32 Å². The molecule has 0 spiro atoms. The molecule has 3 aromatic rings. The molecule has 1 aromatic carbocycles. The second kappa shape index (κ2) is 8.57. The first-order chi connectivity index (χ1) is 12.6. The van der Waals surface area contributed by atoms with E-state index in [1.807, 2.05) is 24.3 Å². The summed E-state index contributed by atoms with van der Waals surface area (Å²) in [6, 6.07) is 7.70. The van der Waals surface area contributed by atoms with Crippen molar-refractivity contribution in [2.24, 2.45) is 0 Å². The first kappa shape index (κ1) is 18.8. The summed E-state index contributed by atoms with van der Waals surface area (Å²) in [7, 11) is 0. The normalized spacial score (nSPS) is 10.8. The van der Waals surface area contributed by atoms with Crippen LogP contribution in [-0.4, -0.2) is 25.7 Å². The Morgan fingerprint density at radius 3 is 3.00 bits per heavy atom. The fourth-order valence-electron chi connectivity index (χ4n) is 2.51. The van der Waals surface area contributed by atoms with Crippen LogP contribution in [0.4, 0.5) is 5.13 Å². The molecule has 0 fully saturated rings. The molecular formula is C17H18ClN5OS2. The van der Waals surface area contributed by atoms with E-state index < -0.39 is 0 Å². The number of nitrogens with one attached hydrogen (secondary N) is 2. The van der Waals surface area contributed by atoms with Crippen LogP contribution in [0.1, 0.15) is 29.6 Å². The number of anilines is 1. The Hall–Kier alpha value is -2.03. The molecule has 2 heterocycles. The highest BCUT2D eigenvalue weighted by atomic mass is 35.5. The fourth-order valence-corrected chi connectivity index (χ4v) is 3.78. The van der Waals surface area contributed by atoms with Gasteiger partial charge >= 0.3 is 0 Å². The van der Waals surface area contributed by atoms with Crippen LogP contribution in [0.3, 0.4) is 0 Å². The molecule has 0 bridgehead atoms. The Balaban J connectivity index is 1.64. The minimum Gasteiger partial charge on any atom is -0.300 e. The van der Waals surface area contributed by atoms with Crippen LogP contribution in [0.5, 0.6) is 0 Å². The van der Waals surface area contributed by atoms with Crippen LogP contribution in [-0.2, 0) is 24.2 Å². The number of hydrogen-bond acceptors (Lipinski definition) is 5. The SMILES string of the molecule is CCCc1n[nH]c(=S)n1CC(=O)Nc1ncc(Cc2ccccc2Cl)s1. The average Bonchev–Trinajstić information content (AvgIpc) is 3.18. The first-order valence-corrected chi connectivity index (χ1v) is 9.79. The quantitative estimate of drug-likeness (QED) is 0.574. The van der Waals surface area contributed by atoms with Crippen LogP contribution in [0.25, 0.3) is 0 Å². The minimum atomic E-state index is -0.182. The van der Waals surface area contributed by atoms with E-state index in [1.54, 1.807) is 10.8 Å². The largest absolute Gasteiger partial charge is 0.300 e. The van der Waals surface area contributed by atoms with Crippen molar-refractivity contribution in [1.29, 1.82) is 0 Å². The number of H-pyrrole nitrogens is 1. The van der Waals surface area contributed by atoms with Gasteiger partial charge in [0.1, 0.15) is 12.4 Å². The lowest BCUT2D eigenvalue weighted by Crippen LogP contribution is -2.20. The average molecular weight is 408 g/mol. The molecular weight excluding hydrogens is 390 g/mol. The zero-order valence-electron chi connectivity index (χ0n) is 14.2. The third kappa shape index (κ3) is 4.57. The summed E-state index contributed by atoms with van der Waals surface area (Å²) < 4.78 is 2.16. The number of amides is 1. The number of thiazole rings is 1. The Bertz CT molecular complexity index is 962. The highest BCUT2D eigenvalue weighted by Crippen LogP contribution is 2.24. The number of aromatic nitrogens is 4. The maximum absolute atomic E-state index is 12.3. The second-order valence-corrected chi connectivity index (χ2v) is 7.64. The molecule has 3 rings (SSSR count). The molecule has 2 N–H and O–H groups in total. The van der Waals surface area contributed by atoms with E-state index in [9.17, 15) is 4.79 Å². The van der Waals surface area contributed by atoms with Gasteiger partial charge in [0, 0.05) is 28.9 Å². The van der Waals surface area contributed by atoms with Gasteiger partial charge in [0.25, 0.3) is 0 Å². The molecule has 0 atom stereocenters. The summed E-state index contributed by atoms with van der Waals surface area (Å²) in [5.41, 5.74) is 1.03. The van der Waals surface area contributed by atoms with Gasteiger partial charge in [-0.2, -0.15) is 5.10 Å². The monoisotopic (exact) mass is 407 g/mol. The third-order valence-electron chi connectivity index (χ3n) is 3.74. The lowest BCUT2D eigenvalue weighted by atomic mass is 10.1. The molecule has 0 aliphatic rings.